The predicted octanol–water partition coefficient (Wildman–Crippen LogP) is 6.33. The van der Waals surface area contributed by atoms with Crippen LogP contribution in [-0.2, 0) is 31.4 Å². The molecule has 0 spiro atoms. The van der Waals surface area contributed by atoms with E-state index in [0.717, 1.165) is 71.9 Å². The molecule has 9 nitrogen and oxygen atoms in total. The zero-order valence-electron chi connectivity index (χ0n) is 31.5. The van der Waals surface area contributed by atoms with Gasteiger partial charge in [0.05, 0.1) is 25.8 Å². The van der Waals surface area contributed by atoms with Gasteiger partial charge < -0.3 is 18.9 Å². The van der Waals surface area contributed by atoms with Crippen LogP contribution in [0.5, 0.6) is 11.5 Å². The molecule has 2 aliphatic heterocycles. The zero-order valence-corrected chi connectivity index (χ0v) is 31.5. The molecule has 2 aliphatic rings. The summed E-state index contributed by atoms with van der Waals surface area (Å²) >= 11 is 0. The molecular weight excluding hydrogens is 626 g/mol. The fraction of sp³-hybridized carbons (Fsp3) is 0.488. The first kappa shape index (κ1) is 36.9. The number of carbonyl (C=O) groups excluding carboxylic acids is 1. The van der Waals surface area contributed by atoms with Gasteiger partial charge in [0, 0.05) is 69.7 Å². The van der Waals surface area contributed by atoms with Gasteiger partial charge in [0.15, 0.2) is 0 Å². The number of allylic oxidation sites excluding steroid dienone is 1. The third kappa shape index (κ3) is 7.67. The van der Waals surface area contributed by atoms with Crippen molar-refractivity contribution in [3.8, 4) is 28.7 Å². The molecule has 0 radical (unpaired) electrons. The summed E-state index contributed by atoms with van der Waals surface area (Å²) in [4.78, 5) is 32.8. The molecule has 5 rings (SSSR count). The number of amides is 1. The van der Waals surface area contributed by atoms with Gasteiger partial charge in [-0.05, 0) is 79.5 Å². The van der Waals surface area contributed by atoms with Gasteiger partial charge in [-0.3, -0.25) is 19.4 Å². The number of nitriles is 1. The Hall–Kier alpha value is -4.39. The summed E-state index contributed by atoms with van der Waals surface area (Å²) in [6.45, 7) is 19.1. The van der Waals surface area contributed by atoms with Crippen LogP contribution >= 0.6 is 0 Å². The van der Waals surface area contributed by atoms with Crippen LogP contribution in [-0.4, -0.2) is 71.6 Å². The van der Waals surface area contributed by atoms with Gasteiger partial charge in [0.25, 0.3) is 11.5 Å². The number of aromatic nitrogens is 1. The average molecular weight is 680 g/mol. The van der Waals surface area contributed by atoms with Gasteiger partial charge in [-0.2, -0.15) is 5.26 Å². The highest BCUT2D eigenvalue weighted by atomic mass is 16.5. The minimum atomic E-state index is -0.252. The summed E-state index contributed by atoms with van der Waals surface area (Å²) in [7, 11) is 5.17. The molecule has 50 heavy (non-hydrogen) atoms. The maximum atomic E-state index is 13.4. The lowest BCUT2D eigenvalue weighted by Gasteiger charge is -2.40. The molecule has 2 aromatic carbocycles. The van der Waals surface area contributed by atoms with Crippen molar-refractivity contribution < 1.29 is 14.3 Å². The number of piperazine rings is 1. The molecule has 266 valence electrons. The fourth-order valence-corrected chi connectivity index (χ4v) is 7.44. The first-order chi connectivity index (χ1) is 23.6. The van der Waals surface area contributed by atoms with Crippen LogP contribution in [0.1, 0.15) is 74.0 Å². The van der Waals surface area contributed by atoms with Crippen molar-refractivity contribution >= 4 is 5.91 Å². The second-order valence-electron chi connectivity index (χ2n) is 15.1. The highest BCUT2D eigenvalue weighted by molar-refractivity contribution is 5.97. The summed E-state index contributed by atoms with van der Waals surface area (Å²) in [6, 6.07) is 13.2. The molecule has 1 aromatic heterocycles. The van der Waals surface area contributed by atoms with E-state index >= 15 is 0 Å². The normalized spacial score (nSPS) is 18.8. The molecular formula is C41H53N5O4. The molecule has 3 heterocycles. The van der Waals surface area contributed by atoms with Gasteiger partial charge >= 0.3 is 0 Å². The van der Waals surface area contributed by atoms with Crippen LogP contribution in [0.3, 0.4) is 0 Å². The number of methoxy groups -OCH3 is 2. The Kier molecular flexibility index (Phi) is 10.9. The van der Waals surface area contributed by atoms with Crippen molar-refractivity contribution in [2.24, 2.45) is 12.5 Å². The van der Waals surface area contributed by atoms with Crippen LogP contribution in [0.15, 0.2) is 53.0 Å². The molecule has 9 heteroatoms. The highest BCUT2D eigenvalue weighted by Crippen LogP contribution is 2.38. The standard InChI is InChI=1S/C41H53N5O4/c1-26-22-44(25-36-37(49-9)18-32(19-38(36)50-10)35-24-43(8)39(47)28(3)27(35)2)15-16-45(26)23-30-11-12-31-13-14-46(29(4)34(31)17-30)40(48)33(21-42)20-41(5,6)7/h11-12,17-20,24,26,29H,13-16,22-23,25H2,1-10H3/b33-20+/t26-,29+/m1/s1. The molecule has 0 bridgehead atoms. The number of fused-ring (bicyclic) bond motifs is 1. The van der Waals surface area contributed by atoms with Crippen LogP contribution in [0.25, 0.3) is 11.1 Å². The van der Waals surface area contributed by atoms with Gasteiger partial charge in [0.2, 0.25) is 0 Å². The largest absolute Gasteiger partial charge is 0.496 e. The molecule has 0 unspecified atom stereocenters. The number of carbonyl (C=O) groups is 1. The van der Waals surface area contributed by atoms with E-state index in [9.17, 15) is 14.9 Å². The zero-order chi connectivity index (χ0) is 36.5. The smallest absolute Gasteiger partial charge is 0.264 e. The van der Waals surface area contributed by atoms with Crippen molar-refractivity contribution in [2.45, 2.75) is 80.1 Å². The monoisotopic (exact) mass is 679 g/mol. The average Bonchev–Trinajstić information content (AvgIpc) is 3.08. The fourth-order valence-electron chi connectivity index (χ4n) is 7.44. The van der Waals surface area contributed by atoms with Crippen molar-refractivity contribution in [3.63, 3.8) is 0 Å². The van der Waals surface area contributed by atoms with Crippen LogP contribution in [0.4, 0.5) is 0 Å². The van der Waals surface area contributed by atoms with E-state index in [-0.39, 0.29) is 28.5 Å². The lowest BCUT2D eigenvalue weighted by Crippen LogP contribution is -2.51. The van der Waals surface area contributed by atoms with E-state index in [1.54, 1.807) is 31.9 Å². The third-order valence-electron chi connectivity index (χ3n) is 10.4. The summed E-state index contributed by atoms with van der Waals surface area (Å²) in [5, 5.41) is 9.77. The van der Waals surface area contributed by atoms with Gasteiger partial charge in [-0.15, -0.1) is 0 Å². The molecule has 1 fully saturated rings. The van der Waals surface area contributed by atoms with Crippen molar-refractivity contribution in [3.05, 3.63) is 91.9 Å². The Morgan fingerprint density at radius 2 is 1.68 bits per heavy atom. The van der Waals surface area contributed by atoms with E-state index in [2.05, 4.69) is 60.0 Å². The second kappa shape index (κ2) is 14.8. The molecule has 2 atom stereocenters. The Labute approximate surface area is 297 Å². The summed E-state index contributed by atoms with van der Waals surface area (Å²) in [5.41, 5.74) is 8.30. The van der Waals surface area contributed by atoms with Crippen LogP contribution in [0, 0.1) is 30.6 Å². The lowest BCUT2D eigenvalue weighted by molar-refractivity contribution is -0.129. The predicted molar refractivity (Wildman–Crippen MR) is 198 cm³/mol. The Morgan fingerprint density at radius 1 is 1.00 bits per heavy atom. The molecule has 1 saturated heterocycles. The molecule has 0 saturated carbocycles. The maximum absolute atomic E-state index is 13.4. The number of ether oxygens (including phenoxy) is 2. The van der Waals surface area contributed by atoms with Crippen LogP contribution in [0.2, 0.25) is 0 Å². The third-order valence-corrected chi connectivity index (χ3v) is 10.4. The van der Waals surface area contributed by atoms with Crippen molar-refractivity contribution in [1.29, 1.82) is 5.26 Å². The van der Waals surface area contributed by atoms with Gasteiger partial charge in [0.1, 0.15) is 23.1 Å². The Balaban J connectivity index is 1.29. The van der Waals surface area contributed by atoms with Gasteiger partial charge in [-0.25, -0.2) is 0 Å². The quantitative estimate of drug-likeness (QED) is 0.203. The molecule has 0 N–H and O–H groups in total. The first-order valence-electron chi connectivity index (χ1n) is 17.6. The number of rotatable bonds is 8. The number of aryl methyl sites for hydroxylation is 1. The maximum Gasteiger partial charge on any atom is 0.264 e. The molecule has 1 amide bonds. The SMILES string of the molecule is COc1cc(-c2cn(C)c(=O)c(C)c2C)cc(OC)c1CN1CCN(Cc2ccc3c(c2)[C@H](C)N(C(=O)/C(C#N)=C/C(C)(C)C)CC3)[C@H](C)C1. The number of hydrogen-bond acceptors (Lipinski definition) is 7. The van der Waals surface area contributed by atoms with Crippen LogP contribution < -0.4 is 15.0 Å². The minimum Gasteiger partial charge on any atom is -0.496 e. The van der Waals surface area contributed by atoms with E-state index < -0.39 is 0 Å². The Morgan fingerprint density at radius 3 is 2.28 bits per heavy atom. The topological polar surface area (TPSA) is 91.0 Å². The summed E-state index contributed by atoms with van der Waals surface area (Å²) in [5.74, 6) is 1.36. The number of benzene rings is 2. The summed E-state index contributed by atoms with van der Waals surface area (Å²) in [6.07, 6.45) is 4.45. The second-order valence-corrected chi connectivity index (χ2v) is 15.1. The van der Waals surface area contributed by atoms with Crippen molar-refractivity contribution in [1.82, 2.24) is 19.3 Å². The van der Waals surface area contributed by atoms with E-state index in [0.29, 0.717) is 19.1 Å². The number of nitrogens with zero attached hydrogens (tertiary/aromatic N) is 5. The van der Waals surface area contributed by atoms with E-state index in [1.807, 2.05) is 45.7 Å². The summed E-state index contributed by atoms with van der Waals surface area (Å²) < 4.78 is 13.5. The van der Waals surface area contributed by atoms with E-state index in [4.69, 9.17) is 9.47 Å². The molecule has 3 aromatic rings. The molecule has 0 aliphatic carbocycles. The lowest BCUT2D eigenvalue weighted by atomic mass is 9.90. The highest BCUT2D eigenvalue weighted by Gasteiger charge is 2.31. The number of hydrogen-bond donors (Lipinski definition) is 0. The minimum absolute atomic E-state index is 0.00853. The van der Waals surface area contributed by atoms with Crippen molar-refractivity contribution in [2.75, 3.05) is 40.4 Å². The van der Waals surface area contributed by atoms with Gasteiger partial charge in [-0.1, -0.05) is 45.0 Å². The Bertz CT molecular complexity index is 1870. The number of pyridine rings is 1. The first-order valence-corrected chi connectivity index (χ1v) is 17.6. The van der Waals surface area contributed by atoms with E-state index in [1.165, 1.54) is 16.7 Å².